The van der Waals surface area contributed by atoms with Gasteiger partial charge in [-0.05, 0) is 36.3 Å². The molecule has 0 spiro atoms. The summed E-state index contributed by atoms with van der Waals surface area (Å²) in [6.45, 7) is 0.647. The van der Waals surface area contributed by atoms with Crippen LogP contribution in [0.15, 0.2) is 24.3 Å². The molecule has 0 saturated carbocycles. The van der Waals surface area contributed by atoms with Gasteiger partial charge >= 0.3 is 0 Å². The lowest BCUT2D eigenvalue weighted by Gasteiger charge is -2.23. The largest absolute Gasteiger partial charge is 0.357 e. The van der Waals surface area contributed by atoms with Crippen LogP contribution in [0.4, 0.5) is 4.39 Å². The number of halogens is 1. The molecule has 108 valence electrons. The molecule has 2 aliphatic rings. The van der Waals surface area contributed by atoms with Gasteiger partial charge in [0.05, 0.1) is 23.6 Å². The molecule has 2 atom stereocenters. The number of hydrogen-bond acceptors (Lipinski definition) is 3. The lowest BCUT2D eigenvalue weighted by Crippen LogP contribution is -2.38. The molecule has 1 aromatic rings. The van der Waals surface area contributed by atoms with Crippen LogP contribution in [0.5, 0.6) is 0 Å². The van der Waals surface area contributed by atoms with Gasteiger partial charge < -0.3 is 10.2 Å². The van der Waals surface area contributed by atoms with Gasteiger partial charge in [0.25, 0.3) is 0 Å². The molecule has 0 aromatic heterocycles. The second-order valence-corrected chi connectivity index (χ2v) is 7.81. The van der Waals surface area contributed by atoms with E-state index >= 15 is 0 Å². The molecule has 0 bridgehead atoms. The number of thiocarbonyl (C=S) groups is 1. The molecular weight excluding hydrogens is 299 g/mol. The van der Waals surface area contributed by atoms with Gasteiger partial charge in [0.1, 0.15) is 5.82 Å². The lowest BCUT2D eigenvalue weighted by molar-refractivity contribution is 0.358. The van der Waals surface area contributed by atoms with E-state index < -0.39 is 9.84 Å². The van der Waals surface area contributed by atoms with Crippen molar-refractivity contribution in [2.75, 3.05) is 18.1 Å². The van der Waals surface area contributed by atoms with E-state index in [1.807, 2.05) is 4.90 Å². The first-order chi connectivity index (χ1) is 9.44. The fourth-order valence-electron chi connectivity index (χ4n) is 2.83. The van der Waals surface area contributed by atoms with E-state index in [1.165, 1.54) is 12.1 Å². The Morgan fingerprint density at radius 1 is 1.30 bits per heavy atom. The van der Waals surface area contributed by atoms with E-state index in [0.29, 0.717) is 18.1 Å². The molecule has 3 rings (SSSR count). The van der Waals surface area contributed by atoms with Crippen LogP contribution in [0, 0.1) is 5.82 Å². The second-order valence-electron chi connectivity index (χ2n) is 5.27. The average Bonchev–Trinajstić information content (AvgIpc) is 2.80. The van der Waals surface area contributed by atoms with Crippen LogP contribution in [-0.4, -0.2) is 48.6 Å². The highest BCUT2D eigenvalue weighted by molar-refractivity contribution is 7.91. The third kappa shape index (κ3) is 2.64. The van der Waals surface area contributed by atoms with Crippen molar-refractivity contribution in [2.45, 2.75) is 18.5 Å². The molecule has 0 amide bonds. The van der Waals surface area contributed by atoms with Crippen molar-refractivity contribution in [1.29, 1.82) is 0 Å². The van der Waals surface area contributed by atoms with Crippen molar-refractivity contribution in [2.24, 2.45) is 0 Å². The van der Waals surface area contributed by atoms with Gasteiger partial charge in [0, 0.05) is 6.54 Å². The quantitative estimate of drug-likeness (QED) is 0.834. The number of sulfone groups is 1. The second kappa shape index (κ2) is 4.96. The fourth-order valence-corrected chi connectivity index (χ4v) is 5.13. The van der Waals surface area contributed by atoms with Crippen molar-refractivity contribution < 1.29 is 12.8 Å². The Morgan fingerprint density at radius 2 is 2.00 bits per heavy atom. The molecule has 0 aliphatic carbocycles. The van der Waals surface area contributed by atoms with E-state index in [2.05, 4.69) is 5.32 Å². The molecule has 2 heterocycles. The van der Waals surface area contributed by atoms with Crippen LogP contribution in [0.1, 0.15) is 5.56 Å². The summed E-state index contributed by atoms with van der Waals surface area (Å²) in [7, 11) is -2.96. The van der Waals surface area contributed by atoms with E-state index in [9.17, 15) is 12.8 Å². The summed E-state index contributed by atoms with van der Waals surface area (Å²) in [6, 6.07) is 6.20. The van der Waals surface area contributed by atoms with Crippen molar-refractivity contribution in [3.05, 3.63) is 35.6 Å². The van der Waals surface area contributed by atoms with Crippen LogP contribution in [0.3, 0.4) is 0 Å². The molecule has 0 radical (unpaired) electrons. The third-order valence-electron chi connectivity index (χ3n) is 3.85. The summed E-state index contributed by atoms with van der Waals surface area (Å²) < 4.78 is 36.2. The molecule has 20 heavy (non-hydrogen) atoms. The third-order valence-corrected chi connectivity index (χ3v) is 5.92. The maximum absolute atomic E-state index is 12.8. The Kier molecular flexibility index (Phi) is 3.41. The molecule has 2 fully saturated rings. The van der Waals surface area contributed by atoms with Gasteiger partial charge in [-0.3, -0.25) is 0 Å². The summed E-state index contributed by atoms with van der Waals surface area (Å²) in [6.07, 6.45) is 0.714. The molecule has 2 saturated heterocycles. The van der Waals surface area contributed by atoms with Crippen LogP contribution in [0.2, 0.25) is 0 Å². The average molecular weight is 314 g/mol. The number of benzene rings is 1. The van der Waals surface area contributed by atoms with Gasteiger partial charge in [0.15, 0.2) is 14.9 Å². The molecule has 1 aromatic carbocycles. The van der Waals surface area contributed by atoms with Gasteiger partial charge in [-0.2, -0.15) is 0 Å². The van der Waals surface area contributed by atoms with Crippen molar-refractivity contribution in [3.8, 4) is 0 Å². The number of rotatable bonds is 3. The van der Waals surface area contributed by atoms with Gasteiger partial charge in [-0.15, -0.1) is 0 Å². The number of hydrogen-bond donors (Lipinski definition) is 1. The smallest absolute Gasteiger partial charge is 0.169 e. The van der Waals surface area contributed by atoms with Gasteiger partial charge in [0.2, 0.25) is 0 Å². The number of fused-ring (bicyclic) bond motifs is 1. The highest BCUT2D eigenvalue weighted by Gasteiger charge is 2.46. The van der Waals surface area contributed by atoms with Crippen LogP contribution in [-0.2, 0) is 16.3 Å². The molecule has 4 nitrogen and oxygen atoms in total. The zero-order valence-electron chi connectivity index (χ0n) is 10.8. The molecule has 0 unspecified atom stereocenters. The Balaban J connectivity index is 1.67. The van der Waals surface area contributed by atoms with Crippen LogP contribution >= 0.6 is 12.2 Å². The van der Waals surface area contributed by atoms with E-state index in [4.69, 9.17) is 12.2 Å². The van der Waals surface area contributed by atoms with Gasteiger partial charge in [-0.25, -0.2) is 12.8 Å². The van der Waals surface area contributed by atoms with Crippen molar-refractivity contribution in [3.63, 3.8) is 0 Å². The minimum Gasteiger partial charge on any atom is -0.357 e. The summed E-state index contributed by atoms with van der Waals surface area (Å²) in [4.78, 5) is 1.95. The summed E-state index contributed by atoms with van der Waals surface area (Å²) in [5.41, 5.74) is 1.01. The summed E-state index contributed by atoms with van der Waals surface area (Å²) in [5.74, 6) is 0.0630. The first kappa shape index (κ1) is 13.8. The highest BCUT2D eigenvalue weighted by atomic mass is 32.2. The predicted molar refractivity (Wildman–Crippen MR) is 78.8 cm³/mol. The Morgan fingerprint density at radius 3 is 2.70 bits per heavy atom. The Hall–Kier alpha value is -1.21. The molecule has 7 heteroatoms. The standard InChI is InChI=1S/C13H15FN2O2S2/c14-10-3-1-9(2-4-10)5-6-16-12-8-20(17,18)7-11(12)15-13(16)19/h1-4,11-12H,5-8H2,(H,15,19)/t11-,12+/m1/s1. The zero-order valence-corrected chi connectivity index (χ0v) is 12.4. The molecule has 2 aliphatic heterocycles. The highest BCUT2D eigenvalue weighted by Crippen LogP contribution is 2.24. The van der Waals surface area contributed by atoms with E-state index in [0.717, 1.165) is 5.56 Å². The predicted octanol–water partition coefficient (Wildman–Crippen LogP) is 0.724. The molecule has 1 N–H and O–H groups in total. The van der Waals surface area contributed by atoms with Crippen LogP contribution in [0.25, 0.3) is 0 Å². The summed E-state index contributed by atoms with van der Waals surface area (Å²) >= 11 is 5.27. The number of nitrogens with one attached hydrogen (secondary N) is 1. The Labute approximate surface area is 122 Å². The first-order valence-corrected chi connectivity index (χ1v) is 8.69. The zero-order chi connectivity index (χ0) is 14.3. The van der Waals surface area contributed by atoms with E-state index in [-0.39, 0.29) is 29.4 Å². The van der Waals surface area contributed by atoms with Crippen molar-refractivity contribution in [1.82, 2.24) is 10.2 Å². The Bertz CT molecular complexity index is 630. The maximum Gasteiger partial charge on any atom is 0.169 e. The lowest BCUT2D eigenvalue weighted by atomic mass is 10.1. The normalized spacial score (nSPS) is 27.4. The summed E-state index contributed by atoms with van der Waals surface area (Å²) in [5, 5.41) is 3.71. The fraction of sp³-hybridized carbons (Fsp3) is 0.462. The van der Waals surface area contributed by atoms with Gasteiger partial charge in [-0.1, -0.05) is 12.1 Å². The molecular formula is C13H15FN2O2S2. The first-order valence-electron chi connectivity index (χ1n) is 6.47. The van der Waals surface area contributed by atoms with Crippen LogP contribution < -0.4 is 5.32 Å². The van der Waals surface area contributed by atoms with E-state index in [1.54, 1.807) is 12.1 Å². The maximum atomic E-state index is 12.8. The topological polar surface area (TPSA) is 49.4 Å². The van der Waals surface area contributed by atoms with Crippen molar-refractivity contribution >= 4 is 27.2 Å². The minimum atomic E-state index is -2.96. The number of nitrogens with zero attached hydrogens (tertiary/aromatic N) is 1. The minimum absolute atomic E-state index is 0.0621. The SMILES string of the molecule is O=S1(=O)C[C@H]2NC(=S)N(CCc3ccc(F)cc3)[C@H]2C1. The monoisotopic (exact) mass is 314 g/mol.